The van der Waals surface area contributed by atoms with Gasteiger partial charge in [0.2, 0.25) is 0 Å². The van der Waals surface area contributed by atoms with Crippen LogP contribution in [-0.2, 0) is 11.3 Å². The van der Waals surface area contributed by atoms with Crippen LogP contribution in [0.25, 0.3) is 6.08 Å². The first-order chi connectivity index (χ1) is 10.1. The first kappa shape index (κ1) is 15.1. The van der Waals surface area contributed by atoms with Crippen molar-refractivity contribution in [1.82, 2.24) is 4.98 Å². The summed E-state index contributed by atoms with van der Waals surface area (Å²) in [5.74, 6) is -0.183. The second-order valence-electron chi connectivity index (χ2n) is 4.57. The number of carboxylic acid groups (broad SMARTS) is 1. The average molecular weight is 303 g/mol. The van der Waals surface area contributed by atoms with E-state index in [2.05, 4.69) is 4.98 Å². The van der Waals surface area contributed by atoms with Gasteiger partial charge in [0, 0.05) is 30.9 Å². The molecule has 1 heterocycles. The first-order valence-corrected chi connectivity index (χ1v) is 6.75. The molecular formula is C16H15ClN2O2. The van der Waals surface area contributed by atoms with E-state index in [0.717, 1.165) is 28.0 Å². The summed E-state index contributed by atoms with van der Waals surface area (Å²) in [5.41, 5.74) is 1.77. The molecule has 0 saturated heterocycles. The number of anilines is 1. The smallest absolute Gasteiger partial charge is 0.328 e. The third-order valence-corrected chi connectivity index (χ3v) is 3.31. The minimum atomic E-state index is -0.977. The molecule has 0 radical (unpaired) electrons. The van der Waals surface area contributed by atoms with Gasteiger partial charge in [0.15, 0.2) is 0 Å². The highest BCUT2D eigenvalue weighted by Crippen LogP contribution is 2.19. The monoisotopic (exact) mass is 302 g/mol. The van der Waals surface area contributed by atoms with Crippen LogP contribution in [0.3, 0.4) is 0 Å². The minimum Gasteiger partial charge on any atom is -0.478 e. The van der Waals surface area contributed by atoms with Gasteiger partial charge in [-0.25, -0.2) is 9.78 Å². The molecule has 0 spiro atoms. The Labute approximate surface area is 128 Å². The van der Waals surface area contributed by atoms with Crippen LogP contribution in [0.5, 0.6) is 0 Å². The van der Waals surface area contributed by atoms with Gasteiger partial charge in [0.25, 0.3) is 0 Å². The highest BCUT2D eigenvalue weighted by atomic mass is 35.5. The molecule has 0 fully saturated rings. The number of aliphatic carboxylic acids is 1. The third kappa shape index (κ3) is 4.33. The zero-order valence-corrected chi connectivity index (χ0v) is 12.3. The molecule has 0 atom stereocenters. The second-order valence-corrected chi connectivity index (χ2v) is 4.98. The molecule has 0 unspecified atom stereocenters. The van der Waals surface area contributed by atoms with Crippen LogP contribution in [0, 0.1) is 0 Å². The summed E-state index contributed by atoms with van der Waals surface area (Å²) in [6.45, 7) is 0.650. The molecule has 0 amide bonds. The Morgan fingerprint density at radius 1 is 1.33 bits per heavy atom. The van der Waals surface area contributed by atoms with Gasteiger partial charge in [-0.1, -0.05) is 29.8 Å². The van der Waals surface area contributed by atoms with Gasteiger partial charge in [-0.3, -0.25) is 0 Å². The molecule has 108 valence electrons. The molecule has 1 aromatic carbocycles. The van der Waals surface area contributed by atoms with Crippen LogP contribution in [0.2, 0.25) is 5.02 Å². The van der Waals surface area contributed by atoms with Crippen LogP contribution in [-0.4, -0.2) is 23.1 Å². The lowest BCUT2D eigenvalue weighted by molar-refractivity contribution is -0.131. The van der Waals surface area contributed by atoms with Crippen LogP contribution in [0.1, 0.15) is 11.1 Å². The number of nitrogens with zero attached hydrogens (tertiary/aromatic N) is 2. The number of hydrogen-bond acceptors (Lipinski definition) is 3. The molecule has 0 aliphatic heterocycles. The number of pyridine rings is 1. The Morgan fingerprint density at radius 3 is 2.71 bits per heavy atom. The van der Waals surface area contributed by atoms with Crippen molar-refractivity contribution in [2.45, 2.75) is 6.54 Å². The maximum atomic E-state index is 10.5. The molecule has 2 rings (SSSR count). The number of benzene rings is 1. The minimum absolute atomic E-state index is 0.650. The Kier molecular flexibility index (Phi) is 4.95. The first-order valence-electron chi connectivity index (χ1n) is 6.38. The fraction of sp³-hybridized carbons (Fsp3) is 0.125. The van der Waals surface area contributed by atoms with E-state index in [4.69, 9.17) is 16.7 Å². The summed E-state index contributed by atoms with van der Waals surface area (Å²) >= 11 is 6.14. The molecular weight excluding hydrogens is 288 g/mol. The number of hydrogen-bond donors (Lipinski definition) is 1. The topological polar surface area (TPSA) is 53.4 Å². The van der Waals surface area contributed by atoms with Crippen molar-refractivity contribution in [3.63, 3.8) is 0 Å². The van der Waals surface area contributed by atoms with Gasteiger partial charge >= 0.3 is 5.97 Å². The summed E-state index contributed by atoms with van der Waals surface area (Å²) in [5, 5.41) is 9.31. The molecule has 21 heavy (non-hydrogen) atoms. The number of carboxylic acids is 1. The fourth-order valence-electron chi connectivity index (χ4n) is 1.85. The molecule has 0 bridgehead atoms. The van der Waals surface area contributed by atoms with Crippen molar-refractivity contribution in [2.75, 3.05) is 11.9 Å². The van der Waals surface area contributed by atoms with Gasteiger partial charge in [-0.15, -0.1) is 0 Å². The van der Waals surface area contributed by atoms with E-state index >= 15 is 0 Å². The molecule has 0 aliphatic carbocycles. The lowest BCUT2D eigenvalue weighted by Crippen LogP contribution is -2.17. The van der Waals surface area contributed by atoms with Crippen molar-refractivity contribution in [1.29, 1.82) is 0 Å². The summed E-state index contributed by atoms with van der Waals surface area (Å²) in [4.78, 5) is 16.8. The Bertz CT molecular complexity index is 654. The van der Waals surface area contributed by atoms with Crippen LogP contribution >= 0.6 is 11.6 Å². The van der Waals surface area contributed by atoms with E-state index in [1.54, 1.807) is 6.20 Å². The number of halogens is 1. The van der Waals surface area contributed by atoms with Crippen LogP contribution in [0.15, 0.2) is 48.7 Å². The largest absolute Gasteiger partial charge is 0.478 e. The van der Waals surface area contributed by atoms with Crippen molar-refractivity contribution in [2.24, 2.45) is 0 Å². The summed E-state index contributed by atoms with van der Waals surface area (Å²) in [6.07, 6.45) is 4.23. The van der Waals surface area contributed by atoms with Crippen molar-refractivity contribution in [3.05, 3.63) is 64.8 Å². The van der Waals surface area contributed by atoms with Gasteiger partial charge in [-0.2, -0.15) is 0 Å². The summed E-state index contributed by atoms with van der Waals surface area (Å²) in [6, 6.07) is 11.3. The number of carbonyl (C=O) groups is 1. The third-order valence-electron chi connectivity index (χ3n) is 2.95. The summed E-state index contributed by atoms with van der Waals surface area (Å²) < 4.78 is 0. The van der Waals surface area contributed by atoms with E-state index in [9.17, 15) is 4.79 Å². The fourth-order valence-corrected chi connectivity index (χ4v) is 2.05. The Balaban J connectivity index is 2.08. The van der Waals surface area contributed by atoms with Gasteiger partial charge in [0.05, 0.1) is 0 Å². The second kappa shape index (κ2) is 6.90. The zero-order chi connectivity index (χ0) is 15.2. The molecule has 0 saturated carbocycles. The quantitative estimate of drug-likeness (QED) is 0.859. The van der Waals surface area contributed by atoms with E-state index < -0.39 is 5.97 Å². The van der Waals surface area contributed by atoms with Crippen molar-refractivity contribution >= 4 is 29.5 Å². The number of aromatic nitrogens is 1. The normalized spacial score (nSPS) is 10.8. The van der Waals surface area contributed by atoms with Gasteiger partial charge in [-0.05, 0) is 35.4 Å². The molecule has 5 heteroatoms. The predicted molar refractivity (Wildman–Crippen MR) is 84.5 cm³/mol. The number of rotatable bonds is 5. The van der Waals surface area contributed by atoms with E-state index in [1.807, 2.05) is 48.3 Å². The summed E-state index contributed by atoms with van der Waals surface area (Å²) in [7, 11) is 1.93. The highest BCUT2D eigenvalue weighted by Gasteiger charge is 2.06. The lowest BCUT2D eigenvalue weighted by Gasteiger charge is -2.19. The molecule has 2 aromatic rings. The van der Waals surface area contributed by atoms with Gasteiger partial charge < -0.3 is 10.0 Å². The van der Waals surface area contributed by atoms with Crippen LogP contribution < -0.4 is 4.90 Å². The van der Waals surface area contributed by atoms with E-state index in [0.29, 0.717) is 6.54 Å². The van der Waals surface area contributed by atoms with Crippen LogP contribution in [0.4, 0.5) is 5.82 Å². The molecule has 1 aromatic heterocycles. The molecule has 0 aliphatic rings. The van der Waals surface area contributed by atoms with Crippen molar-refractivity contribution < 1.29 is 9.90 Å². The van der Waals surface area contributed by atoms with Crippen molar-refractivity contribution in [3.8, 4) is 0 Å². The predicted octanol–water partition coefficient (Wildman–Crippen LogP) is 3.47. The Morgan fingerprint density at radius 2 is 2.10 bits per heavy atom. The highest BCUT2D eigenvalue weighted by molar-refractivity contribution is 6.31. The maximum Gasteiger partial charge on any atom is 0.328 e. The standard InChI is InChI=1S/C16H15ClN2O2/c1-19(11-13-4-2-3-5-14(13)17)15-8-6-12(10-18-15)7-9-16(20)21/h2-10H,11H2,1H3,(H,20,21)/b9-7+. The SMILES string of the molecule is CN(Cc1ccccc1Cl)c1ccc(/C=C/C(=O)O)cn1. The molecule has 1 N–H and O–H groups in total. The lowest BCUT2D eigenvalue weighted by atomic mass is 10.2. The molecule has 4 nitrogen and oxygen atoms in total. The Hall–Kier alpha value is -2.33. The maximum absolute atomic E-state index is 10.5. The van der Waals surface area contributed by atoms with E-state index in [-0.39, 0.29) is 0 Å². The van der Waals surface area contributed by atoms with E-state index in [1.165, 1.54) is 6.08 Å². The van der Waals surface area contributed by atoms with Gasteiger partial charge in [0.1, 0.15) is 5.82 Å². The zero-order valence-electron chi connectivity index (χ0n) is 11.5. The average Bonchev–Trinajstić information content (AvgIpc) is 2.48.